The van der Waals surface area contributed by atoms with Crippen molar-refractivity contribution in [3.8, 4) is 11.5 Å². The Balaban J connectivity index is 1.36. The molecule has 0 radical (unpaired) electrons. The van der Waals surface area contributed by atoms with Gasteiger partial charge in [-0.1, -0.05) is 12.8 Å². The van der Waals surface area contributed by atoms with Crippen molar-refractivity contribution < 1.29 is 9.84 Å². The highest BCUT2D eigenvalue weighted by Crippen LogP contribution is 2.45. The Bertz CT molecular complexity index is 950. The summed E-state index contributed by atoms with van der Waals surface area (Å²) in [6, 6.07) is 8.09. The highest BCUT2D eigenvalue weighted by molar-refractivity contribution is 7.18. The Hall–Kier alpha value is -1.98. The Morgan fingerprint density at radius 2 is 2.00 bits per heavy atom. The number of aliphatic hydroxyl groups is 1. The average molecular weight is 381 g/mol. The van der Waals surface area contributed by atoms with E-state index in [-0.39, 0.29) is 6.10 Å². The monoisotopic (exact) mass is 380 g/mol. The van der Waals surface area contributed by atoms with Crippen molar-refractivity contribution in [2.75, 3.05) is 0 Å². The topological polar surface area (TPSA) is 55.2 Å². The summed E-state index contributed by atoms with van der Waals surface area (Å²) < 4.78 is 7.34. The van der Waals surface area contributed by atoms with Crippen LogP contribution in [0.3, 0.4) is 0 Å². The second kappa shape index (κ2) is 7.21. The van der Waals surface area contributed by atoms with Gasteiger partial charge in [0.05, 0.1) is 21.3 Å². The predicted octanol–water partition coefficient (Wildman–Crippen LogP) is 5.45. The van der Waals surface area contributed by atoms with Crippen molar-refractivity contribution >= 4 is 21.6 Å². The lowest BCUT2D eigenvalue weighted by Gasteiger charge is -2.26. The Labute approximate surface area is 163 Å². The summed E-state index contributed by atoms with van der Waals surface area (Å²) in [5.41, 5.74) is 2.23. The van der Waals surface area contributed by atoms with Crippen LogP contribution in [0, 0.1) is 5.92 Å². The Morgan fingerprint density at radius 1 is 1.11 bits per heavy atom. The number of ether oxygens (including phenoxy) is 1. The van der Waals surface area contributed by atoms with Gasteiger partial charge in [-0.05, 0) is 55.7 Å². The highest BCUT2D eigenvalue weighted by atomic mass is 32.1. The fraction of sp³-hybridized carbons (Fsp3) is 0.455. The van der Waals surface area contributed by atoms with E-state index >= 15 is 0 Å². The van der Waals surface area contributed by atoms with Gasteiger partial charge in [0.15, 0.2) is 0 Å². The first-order valence-corrected chi connectivity index (χ1v) is 10.8. The molecule has 3 aromatic rings. The van der Waals surface area contributed by atoms with Gasteiger partial charge in [-0.15, -0.1) is 11.3 Å². The molecule has 2 aliphatic carbocycles. The van der Waals surface area contributed by atoms with Crippen molar-refractivity contribution in [1.29, 1.82) is 0 Å². The van der Waals surface area contributed by atoms with E-state index in [1.165, 1.54) is 24.8 Å². The molecule has 0 spiro atoms. The number of benzene rings is 1. The van der Waals surface area contributed by atoms with Gasteiger partial charge in [-0.3, -0.25) is 4.98 Å². The fourth-order valence-corrected chi connectivity index (χ4v) is 5.16. The molecule has 2 fully saturated rings. The van der Waals surface area contributed by atoms with Crippen LogP contribution in [0.1, 0.15) is 55.0 Å². The van der Waals surface area contributed by atoms with Crippen LogP contribution in [0.15, 0.2) is 36.7 Å². The number of rotatable bonds is 5. The standard InChI is InChI=1S/C22H24N2O2S/c25-19-4-2-1-3-15(19)11-22-24-18-8-7-16(12-21(18)27-22)26-20-9-10-23-13-17(20)14-5-6-14/h7-10,12-15,19,25H,1-6,11H2/t15-,19+/m0/s1. The van der Waals surface area contributed by atoms with Crippen LogP contribution in [0.2, 0.25) is 0 Å². The number of fused-ring (bicyclic) bond motifs is 1. The minimum Gasteiger partial charge on any atom is -0.457 e. The molecule has 5 rings (SSSR count). The molecule has 2 aromatic heterocycles. The van der Waals surface area contributed by atoms with Crippen molar-refractivity contribution in [2.24, 2.45) is 5.92 Å². The number of aliphatic hydroxyl groups excluding tert-OH is 1. The third kappa shape index (κ3) is 3.71. The second-order valence-electron chi connectivity index (χ2n) is 7.84. The van der Waals surface area contributed by atoms with Gasteiger partial charge in [0.2, 0.25) is 0 Å². The van der Waals surface area contributed by atoms with Gasteiger partial charge in [-0.25, -0.2) is 4.98 Å². The molecule has 27 heavy (non-hydrogen) atoms. The fourth-order valence-electron chi connectivity index (χ4n) is 4.07. The first kappa shape index (κ1) is 17.1. The third-order valence-corrected chi connectivity index (χ3v) is 6.81. The molecule has 1 N–H and O–H groups in total. The van der Waals surface area contributed by atoms with Gasteiger partial charge in [0.1, 0.15) is 11.5 Å². The van der Waals surface area contributed by atoms with Crippen LogP contribution >= 0.6 is 11.3 Å². The predicted molar refractivity (Wildman–Crippen MR) is 108 cm³/mol. The summed E-state index contributed by atoms with van der Waals surface area (Å²) in [5.74, 6) is 2.73. The number of nitrogens with zero attached hydrogens (tertiary/aromatic N) is 2. The molecule has 0 bridgehead atoms. The molecule has 0 aliphatic heterocycles. The summed E-state index contributed by atoms with van der Waals surface area (Å²) in [6.07, 6.45) is 11.3. The molecule has 4 nitrogen and oxygen atoms in total. The van der Waals surface area contributed by atoms with Crippen LogP contribution in [0.5, 0.6) is 11.5 Å². The van der Waals surface area contributed by atoms with Gasteiger partial charge in [-0.2, -0.15) is 0 Å². The van der Waals surface area contributed by atoms with Crippen molar-refractivity contribution in [2.45, 2.75) is 57.0 Å². The summed E-state index contributed by atoms with van der Waals surface area (Å²) in [4.78, 5) is 9.04. The first-order valence-electron chi connectivity index (χ1n) is 9.95. The molecule has 140 valence electrons. The maximum Gasteiger partial charge on any atom is 0.133 e. The van der Waals surface area contributed by atoms with E-state index in [1.54, 1.807) is 17.5 Å². The molecule has 1 aromatic carbocycles. The largest absolute Gasteiger partial charge is 0.457 e. The smallest absolute Gasteiger partial charge is 0.133 e. The molecule has 2 heterocycles. The third-order valence-electron chi connectivity index (χ3n) is 5.77. The zero-order valence-electron chi connectivity index (χ0n) is 15.3. The molecule has 0 amide bonds. The Kier molecular flexibility index (Phi) is 4.58. The number of hydrogen-bond acceptors (Lipinski definition) is 5. The van der Waals surface area contributed by atoms with Crippen molar-refractivity contribution in [3.05, 3.63) is 47.2 Å². The number of pyridine rings is 1. The number of thiazole rings is 1. The lowest BCUT2D eigenvalue weighted by atomic mass is 9.84. The zero-order chi connectivity index (χ0) is 18.2. The minimum absolute atomic E-state index is 0.169. The van der Waals surface area contributed by atoms with E-state index in [0.29, 0.717) is 11.8 Å². The van der Waals surface area contributed by atoms with Gasteiger partial charge in [0.25, 0.3) is 0 Å². The minimum atomic E-state index is -0.169. The number of hydrogen-bond donors (Lipinski definition) is 1. The molecule has 0 saturated heterocycles. The highest BCUT2D eigenvalue weighted by Gasteiger charge is 2.27. The molecule has 2 aliphatic rings. The van der Waals surface area contributed by atoms with E-state index in [9.17, 15) is 5.11 Å². The summed E-state index contributed by atoms with van der Waals surface area (Å²) in [7, 11) is 0. The number of aromatic nitrogens is 2. The molecule has 2 atom stereocenters. The Morgan fingerprint density at radius 3 is 2.85 bits per heavy atom. The maximum atomic E-state index is 10.2. The van der Waals surface area contributed by atoms with E-state index < -0.39 is 0 Å². The molecular formula is C22H24N2O2S. The molecule has 2 saturated carbocycles. The zero-order valence-corrected chi connectivity index (χ0v) is 16.1. The van der Waals surface area contributed by atoms with Crippen LogP contribution in [0.25, 0.3) is 10.2 Å². The van der Waals surface area contributed by atoms with Crippen molar-refractivity contribution in [3.63, 3.8) is 0 Å². The van der Waals surface area contributed by atoms with Crippen LogP contribution in [-0.2, 0) is 6.42 Å². The van der Waals surface area contributed by atoms with Crippen LogP contribution in [0.4, 0.5) is 0 Å². The van der Waals surface area contributed by atoms with Gasteiger partial charge < -0.3 is 9.84 Å². The summed E-state index contributed by atoms with van der Waals surface area (Å²) >= 11 is 1.73. The van der Waals surface area contributed by atoms with E-state index in [2.05, 4.69) is 11.1 Å². The summed E-state index contributed by atoms with van der Waals surface area (Å²) in [6.45, 7) is 0. The maximum absolute atomic E-state index is 10.2. The molecule has 5 heteroatoms. The van der Waals surface area contributed by atoms with Crippen molar-refractivity contribution in [1.82, 2.24) is 9.97 Å². The summed E-state index contributed by atoms with van der Waals surface area (Å²) in [5, 5.41) is 11.4. The molecular weight excluding hydrogens is 356 g/mol. The van der Waals surface area contributed by atoms with E-state index in [4.69, 9.17) is 9.72 Å². The van der Waals surface area contributed by atoms with Crippen LogP contribution < -0.4 is 4.74 Å². The first-order chi connectivity index (χ1) is 13.3. The normalized spacial score (nSPS) is 22.9. The lowest BCUT2D eigenvalue weighted by Crippen LogP contribution is -2.26. The molecule has 0 unspecified atom stereocenters. The average Bonchev–Trinajstić information content (AvgIpc) is 3.44. The van der Waals surface area contributed by atoms with Gasteiger partial charge in [0, 0.05) is 30.4 Å². The van der Waals surface area contributed by atoms with E-state index in [1.807, 2.05) is 24.4 Å². The van der Waals surface area contributed by atoms with Gasteiger partial charge >= 0.3 is 0 Å². The van der Waals surface area contributed by atoms with E-state index in [0.717, 1.165) is 52.4 Å². The lowest BCUT2D eigenvalue weighted by molar-refractivity contribution is 0.0700. The second-order valence-corrected chi connectivity index (χ2v) is 8.96. The quantitative estimate of drug-likeness (QED) is 0.639. The van der Waals surface area contributed by atoms with Crippen LogP contribution in [-0.4, -0.2) is 21.2 Å². The SMILES string of the molecule is O[C@@H]1CCCC[C@H]1Cc1nc2ccc(Oc3ccncc3C3CC3)cc2s1.